The van der Waals surface area contributed by atoms with Crippen LogP contribution in [0.3, 0.4) is 0 Å². The molecule has 0 aliphatic carbocycles. The summed E-state index contributed by atoms with van der Waals surface area (Å²) in [5.74, 6) is 10.2. The predicted molar refractivity (Wildman–Crippen MR) is 143 cm³/mol. The minimum Gasteiger partial charge on any atom is -0.491 e. The highest BCUT2D eigenvalue weighted by molar-refractivity contribution is 5.93. The second kappa shape index (κ2) is 28.4. The number of nitrogens with two attached hydrogens (primary N) is 2. The van der Waals surface area contributed by atoms with Gasteiger partial charge in [0.25, 0.3) is 0 Å². The number of rotatable bonds is 9. The number of amides is 2. The summed E-state index contributed by atoms with van der Waals surface area (Å²) >= 11 is 0. The fraction of sp³-hybridized carbons (Fsp3) is 0.615. The van der Waals surface area contributed by atoms with Crippen LogP contribution in [0.1, 0.15) is 79.6 Å². The van der Waals surface area contributed by atoms with E-state index in [9.17, 15) is 9.59 Å². The summed E-state index contributed by atoms with van der Waals surface area (Å²) in [5.41, 5.74) is 8.47. The summed E-state index contributed by atoms with van der Waals surface area (Å²) in [6, 6.07) is 6.55. The van der Waals surface area contributed by atoms with Crippen molar-refractivity contribution in [3.63, 3.8) is 0 Å². The van der Waals surface area contributed by atoms with Gasteiger partial charge in [0.2, 0.25) is 11.8 Å². The normalized spacial score (nSPS) is 8.79. The van der Waals surface area contributed by atoms with Gasteiger partial charge in [-0.2, -0.15) is 0 Å². The quantitative estimate of drug-likeness (QED) is 0.183. The maximum atomic E-state index is 11.3. The molecule has 6 N–H and O–H groups in total. The number of hydrogen-bond donors (Lipinski definition) is 4. The Hall–Kier alpha value is -2.60. The van der Waals surface area contributed by atoms with E-state index in [1.807, 2.05) is 41.5 Å². The molecule has 0 unspecified atom stereocenters. The molecule has 0 saturated heterocycles. The van der Waals surface area contributed by atoms with Gasteiger partial charge >= 0.3 is 0 Å². The van der Waals surface area contributed by atoms with Gasteiger partial charge < -0.3 is 20.5 Å². The van der Waals surface area contributed by atoms with E-state index in [0.29, 0.717) is 23.3 Å². The average Bonchev–Trinajstić information content (AvgIpc) is 2.83. The fourth-order valence-corrected chi connectivity index (χ4v) is 1.71. The van der Waals surface area contributed by atoms with Crippen LogP contribution >= 0.6 is 0 Å². The molecule has 1 aromatic rings. The van der Waals surface area contributed by atoms with Gasteiger partial charge in [-0.15, -0.1) is 5.92 Å². The van der Waals surface area contributed by atoms with Crippen LogP contribution in [0.15, 0.2) is 24.3 Å². The minimum absolute atomic E-state index is 0.0456. The van der Waals surface area contributed by atoms with Crippen molar-refractivity contribution < 1.29 is 19.1 Å². The molecule has 8 nitrogen and oxygen atoms in total. The summed E-state index contributed by atoms with van der Waals surface area (Å²) in [5, 5.41) is 2.58. The first-order chi connectivity index (χ1) is 16.2. The van der Waals surface area contributed by atoms with Crippen molar-refractivity contribution in [2.45, 2.75) is 69.2 Å². The van der Waals surface area contributed by atoms with Crippen molar-refractivity contribution in [1.29, 1.82) is 0 Å². The average molecular weight is 483 g/mol. The molecular weight excluding hydrogens is 432 g/mol. The molecule has 0 saturated carbocycles. The van der Waals surface area contributed by atoms with Crippen molar-refractivity contribution in [3.05, 3.63) is 29.8 Å². The molecule has 0 aromatic heterocycles. The number of carbonyl (C=O) groups is 2. The Morgan fingerprint density at radius 2 is 1.62 bits per heavy atom. The van der Waals surface area contributed by atoms with Gasteiger partial charge in [0, 0.05) is 12.1 Å². The van der Waals surface area contributed by atoms with E-state index in [4.69, 9.17) is 21.1 Å². The molecule has 0 spiro atoms. The van der Waals surface area contributed by atoms with Crippen molar-refractivity contribution >= 4 is 11.8 Å². The van der Waals surface area contributed by atoms with Crippen molar-refractivity contribution in [3.8, 4) is 17.6 Å². The second-order valence-corrected chi connectivity index (χ2v) is 6.94. The lowest BCUT2D eigenvalue weighted by Crippen LogP contribution is -2.31. The Morgan fingerprint density at radius 1 is 1.03 bits per heavy atom. The summed E-state index contributed by atoms with van der Waals surface area (Å²) in [4.78, 5) is 22.3. The van der Waals surface area contributed by atoms with Gasteiger partial charge in [-0.25, -0.2) is 0 Å². The number of hydrogen-bond acceptors (Lipinski definition) is 6. The fourth-order valence-electron chi connectivity index (χ4n) is 1.71. The lowest BCUT2D eigenvalue weighted by Gasteiger charge is -2.15. The van der Waals surface area contributed by atoms with Crippen LogP contribution in [-0.2, 0) is 9.53 Å². The Bertz CT molecular complexity index is 663. The lowest BCUT2D eigenvalue weighted by atomic mass is 9.98. The van der Waals surface area contributed by atoms with E-state index in [0.717, 1.165) is 6.54 Å². The van der Waals surface area contributed by atoms with Crippen LogP contribution in [-0.4, -0.2) is 44.7 Å². The van der Waals surface area contributed by atoms with E-state index < -0.39 is 5.91 Å². The third-order valence-electron chi connectivity index (χ3n) is 3.03. The predicted octanol–water partition coefficient (Wildman–Crippen LogP) is 3.89. The first kappa shape index (κ1) is 38.7. The number of nitrogens with one attached hydrogen (secondary N) is 2. The monoisotopic (exact) mass is 482 g/mol. The van der Waals surface area contributed by atoms with Crippen LogP contribution in [0.4, 0.5) is 0 Å². The number of primary amides is 1. The Kier molecular flexibility index (Phi) is 32.3. The van der Waals surface area contributed by atoms with Crippen LogP contribution < -0.4 is 27.1 Å². The number of ether oxygens (including phenoxy) is 2. The van der Waals surface area contributed by atoms with Gasteiger partial charge in [0.1, 0.15) is 19.0 Å². The van der Waals surface area contributed by atoms with Crippen LogP contribution in [0.2, 0.25) is 0 Å². The molecular formula is C26H50N4O4. The zero-order valence-corrected chi connectivity index (χ0v) is 23.1. The Balaban J connectivity index is -0.000000290. The molecule has 1 rings (SSSR count). The van der Waals surface area contributed by atoms with Gasteiger partial charge in [0.05, 0.1) is 13.2 Å². The summed E-state index contributed by atoms with van der Waals surface area (Å²) in [7, 11) is 0. The Labute approximate surface area is 208 Å². The highest BCUT2D eigenvalue weighted by Gasteiger charge is 2.06. The molecule has 2 amide bonds. The van der Waals surface area contributed by atoms with Gasteiger partial charge in [-0.3, -0.25) is 20.9 Å². The molecule has 0 aliphatic rings. The SMILES string of the molecule is CC.CC.CC.CC#CCNC(=O)COCCOc1cccc(C(N)=O)c1.CC(C)(C)CNN. The largest absolute Gasteiger partial charge is 0.491 e. The Morgan fingerprint density at radius 3 is 2.06 bits per heavy atom. The van der Waals surface area contributed by atoms with Crippen molar-refractivity contribution in [1.82, 2.24) is 10.7 Å². The highest BCUT2D eigenvalue weighted by Crippen LogP contribution is 2.12. The molecule has 34 heavy (non-hydrogen) atoms. The van der Waals surface area contributed by atoms with E-state index in [1.165, 1.54) is 0 Å². The summed E-state index contributed by atoms with van der Waals surface area (Å²) < 4.78 is 10.5. The highest BCUT2D eigenvalue weighted by atomic mass is 16.5. The minimum atomic E-state index is -0.511. The first-order valence-corrected chi connectivity index (χ1v) is 11.9. The standard InChI is InChI=1S/C15H18N2O4.C5H14N2.3C2H6/c1-2-3-7-17-14(18)11-20-8-9-21-13-6-4-5-12(10-13)15(16)19;1-5(2,3)4-7-6;3*1-2/h4-6,10H,7-9,11H2,1H3,(H2,16,19)(H,17,18);7H,4,6H2,1-3H3;3*1-2H3. The third kappa shape index (κ3) is 29.4. The summed E-state index contributed by atoms with van der Waals surface area (Å²) in [6.07, 6.45) is 0. The topological polar surface area (TPSA) is 129 Å². The maximum absolute atomic E-state index is 11.3. The first-order valence-electron chi connectivity index (χ1n) is 11.9. The van der Waals surface area contributed by atoms with Gasteiger partial charge in [-0.1, -0.05) is 74.3 Å². The molecule has 1 aromatic carbocycles. The molecule has 0 heterocycles. The van der Waals surface area contributed by atoms with Crippen molar-refractivity contribution in [2.75, 3.05) is 32.9 Å². The van der Waals surface area contributed by atoms with Crippen LogP contribution in [0.25, 0.3) is 0 Å². The van der Waals surface area contributed by atoms with Crippen LogP contribution in [0.5, 0.6) is 5.75 Å². The lowest BCUT2D eigenvalue weighted by molar-refractivity contribution is -0.125. The molecule has 8 heteroatoms. The van der Waals surface area contributed by atoms with E-state index in [1.54, 1.807) is 31.2 Å². The summed E-state index contributed by atoms with van der Waals surface area (Å²) in [6.45, 7) is 21.8. The number of carbonyl (C=O) groups excluding carboxylic acids is 2. The molecule has 0 fully saturated rings. The molecule has 0 aliphatic heterocycles. The maximum Gasteiger partial charge on any atom is 0.248 e. The van der Waals surface area contributed by atoms with Crippen LogP contribution in [0, 0.1) is 17.3 Å². The van der Waals surface area contributed by atoms with E-state index in [-0.39, 0.29) is 25.7 Å². The molecule has 0 atom stereocenters. The van der Waals surface area contributed by atoms with Gasteiger partial charge in [0.15, 0.2) is 0 Å². The third-order valence-corrected chi connectivity index (χ3v) is 3.03. The van der Waals surface area contributed by atoms with E-state index >= 15 is 0 Å². The van der Waals surface area contributed by atoms with E-state index in [2.05, 4.69) is 43.4 Å². The zero-order chi connectivity index (χ0) is 27.4. The second-order valence-electron chi connectivity index (χ2n) is 6.94. The molecule has 0 bridgehead atoms. The number of hydrazine groups is 1. The molecule has 0 radical (unpaired) electrons. The number of benzene rings is 1. The zero-order valence-electron chi connectivity index (χ0n) is 23.1. The smallest absolute Gasteiger partial charge is 0.248 e. The van der Waals surface area contributed by atoms with Crippen molar-refractivity contribution in [2.24, 2.45) is 17.0 Å². The molecule has 198 valence electrons. The van der Waals surface area contributed by atoms with Gasteiger partial charge in [-0.05, 0) is 30.5 Å².